The fourth-order valence-electron chi connectivity index (χ4n) is 11.7. The summed E-state index contributed by atoms with van der Waals surface area (Å²) >= 11 is 3.83. The molecule has 0 spiro atoms. The van der Waals surface area contributed by atoms with Crippen LogP contribution in [0.2, 0.25) is 0 Å². The molecule has 1 unspecified atom stereocenters. The summed E-state index contributed by atoms with van der Waals surface area (Å²) < 4.78 is 5.38. The number of nitrogens with zero attached hydrogens (tertiary/aromatic N) is 1. The lowest BCUT2D eigenvalue weighted by Gasteiger charge is -2.32. The van der Waals surface area contributed by atoms with Gasteiger partial charge >= 0.3 is 0 Å². The zero-order chi connectivity index (χ0) is 41.1. The first-order chi connectivity index (χ1) is 30.4. The van der Waals surface area contributed by atoms with E-state index in [1.54, 1.807) is 0 Å². The first-order valence-electron chi connectivity index (χ1n) is 21.7. The molecular weight excluding hydrogens is 787 g/mol. The van der Waals surface area contributed by atoms with Gasteiger partial charge in [-0.1, -0.05) is 135 Å². The van der Waals surface area contributed by atoms with Crippen LogP contribution in [-0.2, 0) is 10.8 Å². The maximum atomic E-state index is 2.61. The molecule has 292 valence electrons. The lowest BCUT2D eigenvalue weighted by Crippen LogP contribution is -2.24. The molecule has 0 amide bonds. The minimum atomic E-state index is -0.403. The van der Waals surface area contributed by atoms with Gasteiger partial charge in [0.2, 0.25) is 0 Å². The van der Waals surface area contributed by atoms with Gasteiger partial charge in [-0.25, -0.2) is 0 Å². The van der Waals surface area contributed by atoms with E-state index in [0.717, 1.165) is 11.4 Å². The average molecular weight is 826 g/mol. The van der Waals surface area contributed by atoms with Crippen molar-refractivity contribution in [3.05, 3.63) is 210 Å². The highest BCUT2D eigenvalue weighted by Gasteiger charge is 2.47. The Hall–Kier alpha value is -6.78. The topological polar surface area (TPSA) is 3.24 Å². The number of hydrogen-bond donors (Lipinski definition) is 0. The molecule has 9 aromatic carbocycles. The van der Waals surface area contributed by atoms with Gasteiger partial charge in [0.15, 0.2) is 0 Å². The molecular formula is C59H39NS2. The van der Waals surface area contributed by atoms with Crippen molar-refractivity contribution in [3.8, 4) is 44.5 Å². The second kappa shape index (κ2) is 12.2. The highest BCUT2D eigenvalue weighted by atomic mass is 32.1. The molecule has 4 heterocycles. The third-order valence-corrected chi connectivity index (χ3v) is 17.0. The minimum Gasteiger partial charge on any atom is -0.310 e. The van der Waals surface area contributed by atoms with E-state index in [-0.39, 0.29) is 5.41 Å². The highest BCUT2D eigenvalue weighted by molar-refractivity contribution is 7.26. The van der Waals surface area contributed by atoms with Crippen molar-refractivity contribution in [1.29, 1.82) is 0 Å². The lowest BCUT2D eigenvalue weighted by atomic mass is 9.70. The van der Waals surface area contributed by atoms with Gasteiger partial charge in [-0.2, -0.15) is 0 Å². The standard InChI is InChI=1S/C59H39NS2/c1-58(2)48-15-10-16-51-55(48)46-33-50-45(32-49(46)58)40-11-4-7-14-47(40)59(50,3)56-39(29-30-44-42-13-6-9-18-53(42)62-57(44)56)35-21-26-38(27-22-35)60(51)37-24-19-34(20-25-37)36-23-28-43-41-12-5-8-17-52(41)61-54(43)31-36/h4-33H,1-3H3. The predicted octanol–water partition coefficient (Wildman–Crippen LogP) is 17.2. The Morgan fingerprint density at radius 2 is 1.00 bits per heavy atom. The first kappa shape index (κ1) is 34.9. The maximum Gasteiger partial charge on any atom is 0.0543 e. The molecule has 0 saturated carbocycles. The molecule has 1 nitrogen and oxygen atoms in total. The minimum absolute atomic E-state index is 0.192. The smallest absolute Gasteiger partial charge is 0.0543 e. The average Bonchev–Trinajstić information content (AvgIpc) is 4.01. The van der Waals surface area contributed by atoms with E-state index in [1.807, 2.05) is 22.7 Å². The Labute approximate surface area is 368 Å². The Kier molecular flexibility index (Phi) is 6.86. The van der Waals surface area contributed by atoms with Crippen molar-refractivity contribution >= 4 is 80.1 Å². The van der Waals surface area contributed by atoms with Gasteiger partial charge in [0.05, 0.1) is 5.69 Å². The van der Waals surface area contributed by atoms with Crippen LogP contribution in [0.15, 0.2) is 182 Å². The summed E-state index contributed by atoms with van der Waals surface area (Å²) in [5.74, 6) is 0. The van der Waals surface area contributed by atoms with Crippen LogP contribution in [0.1, 0.15) is 48.6 Å². The normalized spacial score (nSPS) is 16.5. The van der Waals surface area contributed by atoms with Crippen molar-refractivity contribution in [3.63, 3.8) is 0 Å². The van der Waals surface area contributed by atoms with E-state index in [0.29, 0.717) is 0 Å². The molecule has 1 atom stereocenters. The quantitative estimate of drug-likeness (QED) is 0.168. The van der Waals surface area contributed by atoms with E-state index >= 15 is 0 Å². The fraction of sp³-hybridized carbons (Fsp3) is 0.0847. The number of anilines is 3. The molecule has 0 fully saturated rings. The van der Waals surface area contributed by atoms with Gasteiger partial charge in [-0.3, -0.25) is 0 Å². The van der Waals surface area contributed by atoms with E-state index in [1.165, 1.54) is 118 Å². The Morgan fingerprint density at radius 3 is 1.79 bits per heavy atom. The van der Waals surface area contributed by atoms with Crippen LogP contribution in [0.3, 0.4) is 0 Å². The molecule has 0 saturated heterocycles. The summed E-state index contributed by atoms with van der Waals surface area (Å²) in [6.07, 6.45) is 0. The molecule has 2 aliphatic carbocycles. The van der Waals surface area contributed by atoms with Crippen LogP contribution >= 0.6 is 22.7 Å². The Balaban J connectivity index is 1.03. The van der Waals surface area contributed by atoms with Crippen LogP contribution in [-0.4, -0.2) is 0 Å². The number of thiophene rings is 2. The van der Waals surface area contributed by atoms with Gasteiger partial charge in [-0.05, 0) is 134 Å². The fourth-order valence-corrected chi connectivity index (χ4v) is 14.2. The highest BCUT2D eigenvalue weighted by Crippen LogP contribution is 2.62. The molecule has 4 bridgehead atoms. The summed E-state index contributed by atoms with van der Waals surface area (Å²) in [7, 11) is 0. The second-order valence-electron chi connectivity index (χ2n) is 18.1. The van der Waals surface area contributed by atoms with Crippen LogP contribution < -0.4 is 4.90 Å². The van der Waals surface area contributed by atoms with E-state index < -0.39 is 5.41 Å². The van der Waals surface area contributed by atoms with Crippen LogP contribution in [0.4, 0.5) is 17.1 Å². The number of fused-ring (bicyclic) bond motifs is 10. The Morgan fingerprint density at radius 1 is 0.387 bits per heavy atom. The molecule has 0 N–H and O–H groups in total. The monoisotopic (exact) mass is 825 g/mol. The predicted molar refractivity (Wildman–Crippen MR) is 266 cm³/mol. The van der Waals surface area contributed by atoms with Gasteiger partial charge in [0.1, 0.15) is 0 Å². The summed E-state index contributed by atoms with van der Waals surface area (Å²) in [5.41, 5.74) is 20.2. The number of benzene rings is 9. The van der Waals surface area contributed by atoms with Crippen molar-refractivity contribution in [2.45, 2.75) is 31.6 Å². The van der Waals surface area contributed by atoms with Crippen molar-refractivity contribution < 1.29 is 0 Å². The van der Waals surface area contributed by atoms with Gasteiger partial charge in [0, 0.05) is 68.1 Å². The Bertz CT molecular complexity index is 3730. The molecule has 3 heteroatoms. The molecule has 2 aromatic heterocycles. The van der Waals surface area contributed by atoms with Crippen LogP contribution in [0, 0.1) is 0 Å². The third-order valence-electron chi connectivity index (χ3n) is 14.7. The van der Waals surface area contributed by atoms with E-state index in [2.05, 4.69) is 208 Å². The van der Waals surface area contributed by atoms with Crippen molar-refractivity contribution in [1.82, 2.24) is 0 Å². The summed E-state index contributed by atoms with van der Waals surface area (Å²) in [6.45, 7) is 7.36. The molecule has 2 aliphatic heterocycles. The summed E-state index contributed by atoms with van der Waals surface area (Å²) in [5, 5.41) is 5.34. The lowest BCUT2D eigenvalue weighted by molar-refractivity contribution is 0.659. The first-order valence-corrected chi connectivity index (χ1v) is 23.3. The van der Waals surface area contributed by atoms with E-state index in [9.17, 15) is 0 Å². The molecule has 0 radical (unpaired) electrons. The largest absolute Gasteiger partial charge is 0.310 e. The molecule has 62 heavy (non-hydrogen) atoms. The van der Waals surface area contributed by atoms with Gasteiger partial charge < -0.3 is 4.90 Å². The molecule has 4 aliphatic rings. The summed E-state index contributed by atoms with van der Waals surface area (Å²) in [4.78, 5) is 2.50. The zero-order valence-electron chi connectivity index (χ0n) is 34.6. The second-order valence-corrected chi connectivity index (χ2v) is 20.3. The maximum absolute atomic E-state index is 2.61. The summed E-state index contributed by atoms with van der Waals surface area (Å²) in [6, 6.07) is 69.5. The third kappa shape index (κ3) is 4.47. The van der Waals surface area contributed by atoms with Crippen LogP contribution in [0.5, 0.6) is 0 Å². The molecule has 15 rings (SSSR count). The zero-order valence-corrected chi connectivity index (χ0v) is 36.2. The van der Waals surface area contributed by atoms with Crippen LogP contribution in [0.25, 0.3) is 84.9 Å². The van der Waals surface area contributed by atoms with Crippen molar-refractivity contribution in [2.24, 2.45) is 0 Å². The molecule has 11 aromatic rings. The number of rotatable bonds is 2. The van der Waals surface area contributed by atoms with E-state index in [4.69, 9.17) is 0 Å². The number of hydrogen-bond acceptors (Lipinski definition) is 3. The van der Waals surface area contributed by atoms with Gasteiger partial charge in [0.25, 0.3) is 0 Å². The van der Waals surface area contributed by atoms with Crippen molar-refractivity contribution in [2.75, 3.05) is 4.90 Å². The van der Waals surface area contributed by atoms with Gasteiger partial charge in [-0.15, -0.1) is 22.7 Å². The SMILES string of the molecule is CC1(C)c2cc3c4cc2-c2c(cccc21)N(c1ccc(-c2ccc5c(c2)sc2ccccc25)cc1)c1ccc(cc1)-c1ccc2c(sc5ccccc52)c1C4(C)c1ccccc1-3.